The number of rotatable bonds is 0. The highest BCUT2D eigenvalue weighted by atomic mass is 35.5. The Morgan fingerprint density at radius 3 is 2.11 bits per heavy atom. The Morgan fingerprint density at radius 2 is 2.00 bits per heavy atom. The molecule has 1 aliphatic rings. The minimum Gasteiger partial charge on any atom is -0.323 e. The molecule has 0 spiro atoms. The molecule has 2 N–H and O–H groups in total. The van der Waals surface area contributed by atoms with E-state index < -0.39 is 12.0 Å². The lowest BCUT2D eigenvalue weighted by molar-refractivity contribution is -0.00644. The standard InChI is InChI=1S/C5H9F2N.ClH/c6-5(7)3-1-2-4(5)8;/h4H,1-3,8H2;1H/t4-;/m1./s1. The third-order valence-corrected chi connectivity index (χ3v) is 1.57. The second kappa shape index (κ2) is 2.80. The second-order valence-electron chi connectivity index (χ2n) is 2.26. The fraction of sp³-hybridized carbons (Fsp3) is 1.00. The lowest BCUT2D eigenvalue weighted by Gasteiger charge is -2.12. The molecule has 0 aromatic rings. The Bertz CT molecular complexity index is 97.0. The van der Waals surface area contributed by atoms with Crippen molar-refractivity contribution in [2.24, 2.45) is 5.73 Å². The molecule has 0 unspecified atom stereocenters. The van der Waals surface area contributed by atoms with Crippen LogP contribution >= 0.6 is 12.4 Å². The fourth-order valence-corrected chi connectivity index (χ4v) is 0.954. The van der Waals surface area contributed by atoms with Gasteiger partial charge in [0.2, 0.25) is 0 Å². The lowest BCUT2D eigenvalue weighted by atomic mass is 10.2. The van der Waals surface area contributed by atoms with Crippen molar-refractivity contribution in [3.05, 3.63) is 0 Å². The lowest BCUT2D eigenvalue weighted by Crippen LogP contribution is -2.34. The summed E-state index contributed by atoms with van der Waals surface area (Å²) in [6.45, 7) is 0. The number of hydrogen-bond acceptors (Lipinski definition) is 1. The number of alkyl halides is 2. The molecule has 1 nitrogen and oxygen atoms in total. The van der Waals surface area contributed by atoms with Crippen molar-refractivity contribution >= 4 is 12.4 Å². The second-order valence-corrected chi connectivity index (χ2v) is 2.26. The predicted molar refractivity (Wildman–Crippen MR) is 34.0 cm³/mol. The molecule has 56 valence electrons. The molecule has 1 fully saturated rings. The highest BCUT2D eigenvalue weighted by molar-refractivity contribution is 5.85. The molecule has 0 aliphatic heterocycles. The first kappa shape index (κ1) is 9.11. The maximum Gasteiger partial charge on any atom is 0.262 e. The normalized spacial score (nSPS) is 31.7. The summed E-state index contributed by atoms with van der Waals surface area (Å²) in [4.78, 5) is 0. The van der Waals surface area contributed by atoms with Gasteiger partial charge in [-0.2, -0.15) is 0 Å². The van der Waals surface area contributed by atoms with Crippen molar-refractivity contribution in [1.82, 2.24) is 0 Å². The van der Waals surface area contributed by atoms with E-state index in [9.17, 15) is 8.78 Å². The molecule has 9 heavy (non-hydrogen) atoms. The summed E-state index contributed by atoms with van der Waals surface area (Å²) in [5.41, 5.74) is 5.06. The van der Waals surface area contributed by atoms with Crippen LogP contribution in [0.2, 0.25) is 0 Å². The van der Waals surface area contributed by atoms with Crippen LogP contribution in [-0.2, 0) is 0 Å². The van der Waals surface area contributed by atoms with E-state index in [1.807, 2.05) is 0 Å². The van der Waals surface area contributed by atoms with Crippen LogP contribution in [0.1, 0.15) is 19.3 Å². The van der Waals surface area contributed by atoms with Crippen molar-refractivity contribution in [2.75, 3.05) is 0 Å². The summed E-state index contributed by atoms with van der Waals surface area (Å²) in [7, 11) is 0. The number of hydrogen-bond donors (Lipinski definition) is 1. The molecule has 0 amide bonds. The third kappa shape index (κ3) is 1.76. The fourth-order valence-electron chi connectivity index (χ4n) is 0.954. The molecule has 0 bridgehead atoms. The average Bonchev–Trinajstić information content (AvgIpc) is 1.86. The van der Waals surface area contributed by atoms with Crippen LogP contribution in [-0.4, -0.2) is 12.0 Å². The van der Waals surface area contributed by atoms with Gasteiger partial charge in [0.05, 0.1) is 6.04 Å². The quantitative estimate of drug-likeness (QED) is 0.568. The van der Waals surface area contributed by atoms with Crippen molar-refractivity contribution in [3.8, 4) is 0 Å². The van der Waals surface area contributed by atoms with Gasteiger partial charge in [-0.25, -0.2) is 8.78 Å². The van der Waals surface area contributed by atoms with Crippen molar-refractivity contribution in [3.63, 3.8) is 0 Å². The highest BCUT2D eigenvalue weighted by Crippen LogP contribution is 2.33. The van der Waals surface area contributed by atoms with E-state index in [0.717, 1.165) is 0 Å². The van der Waals surface area contributed by atoms with Gasteiger partial charge in [0.25, 0.3) is 5.92 Å². The zero-order chi connectivity index (χ0) is 6.20. The van der Waals surface area contributed by atoms with Gasteiger partial charge in [-0.15, -0.1) is 12.4 Å². The average molecular weight is 158 g/mol. The first-order chi connectivity index (χ1) is 3.63. The van der Waals surface area contributed by atoms with Crippen molar-refractivity contribution < 1.29 is 8.78 Å². The van der Waals surface area contributed by atoms with E-state index in [0.29, 0.717) is 12.8 Å². The first-order valence-corrected chi connectivity index (χ1v) is 2.76. The summed E-state index contributed by atoms with van der Waals surface area (Å²) >= 11 is 0. The van der Waals surface area contributed by atoms with E-state index in [1.165, 1.54) is 0 Å². The van der Waals surface area contributed by atoms with Gasteiger partial charge >= 0.3 is 0 Å². The highest BCUT2D eigenvalue weighted by Gasteiger charge is 2.40. The van der Waals surface area contributed by atoms with E-state index in [2.05, 4.69) is 0 Å². The SMILES string of the molecule is Cl.N[C@@H]1CCCC1(F)F. The van der Waals surface area contributed by atoms with Gasteiger partial charge in [0.15, 0.2) is 0 Å². The third-order valence-electron chi connectivity index (χ3n) is 1.57. The zero-order valence-corrected chi connectivity index (χ0v) is 5.76. The molecule has 0 aromatic heterocycles. The molecule has 0 radical (unpaired) electrons. The Hall–Kier alpha value is 0.110. The summed E-state index contributed by atoms with van der Waals surface area (Å²) in [6, 6.07) is -0.873. The van der Waals surface area contributed by atoms with Gasteiger partial charge < -0.3 is 5.73 Å². The molecular formula is C5H10ClF2N. The van der Waals surface area contributed by atoms with Crippen molar-refractivity contribution in [1.29, 1.82) is 0 Å². The maximum atomic E-state index is 12.2. The van der Waals surface area contributed by atoms with Crippen LogP contribution in [0.5, 0.6) is 0 Å². The topological polar surface area (TPSA) is 26.0 Å². The largest absolute Gasteiger partial charge is 0.323 e. The van der Waals surface area contributed by atoms with Crippen LogP contribution in [0.15, 0.2) is 0 Å². The van der Waals surface area contributed by atoms with Gasteiger partial charge in [-0.05, 0) is 12.8 Å². The van der Waals surface area contributed by atoms with E-state index in [-0.39, 0.29) is 18.8 Å². The van der Waals surface area contributed by atoms with Crippen molar-refractivity contribution in [2.45, 2.75) is 31.2 Å². The van der Waals surface area contributed by atoms with Gasteiger partial charge in [0, 0.05) is 6.42 Å². The van der Waals surface area contributed by atoms with E-state index in [4.69, 9.17) is 5.73 Å². The number of nitrogens with two attached hydrogens (primary N) is 1. The minimum absolute atomic E-state index is 0. The summed E-state index contributed by atoms with van der Waals surface area (Å²) in [6.07, 6.45) is 1.04. The monoisotopic (exact) mass is 157 g/mol. The van der Waals surface area contributed by atoms with Crippen LogP contribution in [0.25, 0.3) is 0 Å². The maximum absolute atomic E-state index is 12.2. The number of halogens is 3. The van der Waals surface area contributed by atoms with Crippen LogP contribution in [0, 0.1) is 0 Å². The Morgan fingerprint density at radius 1 is 1.44 bits per heavy atom. The Kier molecular flexibility index (Phi) is 2.83. The van der Waals surface area contributed by atoms with E-state index >= 15 is 0 Å². The van der Waals surface area contributed by atoms with Gasteiger partial charge in [0.1, 0.15) is 0 Å². The molecule has 4 heteroatoms. The van der Waals surface area contributed by atoms with Gasteiger partial charge in [-0.3, -0.25) is 0 Å². The van der Waals surface area contributed by atoms with E-state index in [1.54, 1.807) is 0 Å². The predicted octanol–water partition coefficient (Wildman–Crippen LogP) is 1.55. The molecule has 1 aliphatic carbocycles. The molecule has 1 rings (SSSR count). The molecule has 1 atom stereocenters. The molecular weight excluding hydrogens is 148 g/mol. The smallest absolute Gasteiger partial charge is 0.262 e. The first-order valence-electron chi connectivity index (χ1n) is 2.76. The Labute approximate surface area is 59.0 Å². The Balaban J connectivity index is 0.000000640. The van der Waals surface area contributed by atoms with Gasteiger partial charge in [-0.1, -0.05) is 0 Å². The molecule has 1 saturated carbocycles. The summed E-state index contributed by atoms with van der Waals surface area (Å²) in [5, 5.41) is 0. The minimum atomic E-state index is -2.57. The molecule has 0 aromatic carbocycles. The summed E-state index contributed by atoms with van der Waals surface area (Å²) in [5.74, 6) is -2.57. The molecule has 0 saturated heterocycles. The summed E-state index contributed by atoms with van der Waals surface area (Å²) < 4.78 is 24.4. The van der Waals surface area contributed by atoms with Crippen LogP contribution in [0.4, 0.5) is 8.78 Å². The molecule has 0 heterocycles. The zero-order valence-electron chi connectivity index (χ0n) is 4.94. The van der Waals surface area contributed by atoms with Crippen LogP contribution in [0.3, 0.4) is 0 Å². The van der Waals surface area contributed by atoms with Crippen LogP contribution < -0.4 is 5.73 Å².